The van der Waals surface area contributed by atoms with Crippen LogP contribution in [-0.4, -0.2) is 16.5 Å². The van der Waals surface area contributed by atoms with Crippen molar-refractivity contribution in [2.24, 2.45) is 0 Å². The molecule has 4 N–H and O–H groups in total. The summed E-state index contributed by atoms with van der Waals surface area (Å²) in [6, 6.07) is 0.148. The number of nitrogen functional groups attached to an aromatic ring is 1. The molecule has 1 aromatic heterocycles. The van der Waals surface area contributed by atoms with E-state index in [1.54, 1.807) is 0 Å². The highest BCUT2D eigenvalue weighted by molar-refractivity contribution is 5.38. The summed E-state index contributed by atoms with van der Waals surface area (Å²) in [5.74, 6) is 1.07. The van der Waals surface area contributed by atoms with Gasteiger partial charge < -0.3 is 16.0 Å². The van der Waals surface area contributed by atoms with Crippen LogP contribution in [0.25, 0.3) is 0 Å². The Balaban J connectivity index is 2.27. The number of aromatic amines is 1. The lowest BCUT2D eigenvalue weighted by atomic mass is 10.0. The zero-order chi connectivity index (χ0) is 12.3. The molecule has 1 aliphatic rings. The number of aromatic nitrogens is 2. The van der Waals surface area contributed by atoms with Gasteiger partial charge in [-0.1, -0.05) is 19.8 Å². The number of hydrogen-bond donors (Lipinski definition) is 3. The van der Waals surface area contributed by atoms with Crippen LogP contribution in [0, 0.1) is 0 Å². The van der Waals surface area contributed by atoms with Crippen molar-refractivity contribution in [1.82, 2.24) is 15.3 Å². The largest absolute Gasteiger partial charge is 0.383 e. The van der Waals surface area contributed by atoms with E-state index in [-0.39, 0.29) is 11.6 Å². The average molecular weight is 236 g/mol. The smallest absolute Gasteiger partial charge is 0.256 e. The monoisotopic (exact) mass is 236 g/mol. The molecule has 0 amide bonds. The van der Waals surface area contributed by atoms with Crippen LogP contribution in [0.1, 0.15) is 50.0 Å². The van der Waals surface area contributed by atoms with Crippen molar-refractivity contribution in [3.63, 3.8) is 0 Å². The third kappa shape index (κ3) is 2.66. The zero-order valence-corrected chi connectivity index (χ0v) is 10.3. The van der Waals surface area contributed by atoms with Crippen molar-refractivity contribution < 1.29 is 0 Å². The molecular formula is C12H20N4O. The maximum atomic E-state index is 11.9. The molecule has 5 nitrogen and oxygen atoms in total. The van der Waals surface area contributed by atoms with Gasteiger partial charge in [-0.05, 0) is 25.8 Å². The molecule has 1 atom stereocenters. The van der Waals surface area contributed by atoms with E-state index in [2.05, 4.69) is 15.3 Å². The molecule has 1 fully saturated rings. The number of hydrogen-bond acceptors (Lipinski definition) is 4. The van der Waals surface area contributed by atoms with Crippen LogP contribution in [0.2, 0.25) is 0 Å². The molecule has 1 aliphatic heterocycles. The Bertz CT molecular complexity index is 435. The number of rotatable bonds is 3. The number of H-pyrrole nitrogens is 1. The Morgan fingerprint density at radius 1 is 1.47 bits per heavy atom. The summed E-state index contributed by atoms with van der Waals surface area (Å²) in [6.45, 7) is 3.00. The molecule has 17 heavy (non-hydrogen) atoms. The summed E-state index contributed by atoms with van der Waals surface area (Å²) in [5.41, 5.74) is 6.39. The standard InChI is InChI=1S/C12H20N4O/c1-2-5-8-10(13)15-11(16-12(8)17)9-6-3-4-7-14-9/h9,14H,2-7H2,1H3,(H3,13,15,16,17). The maximum absolute atomic E-state index is 11.9. The highest BCUT2D eigenvalue weighted by Gasteiger charge is 2.18. The predicted molar refractivity (Wildman–Crippen MR) is 67.9 cm³/mol. The third-order valence-electron chi connectivity index (χ3n) is 3.21. The normalized spacial score (nSPS) is 20.4. The average Bonchev–Trinajstić information content (AvgIpc) is 2.35. The van der Waals surface area contributed by atoms with Gasteiger partial charge in [-0.3, -0.25) is 4.79 Å². The second-order valence-corrected chi connectivity index (χ2v) is 4.57. The fraction of sp³-hybridized carbons (Fsp3) is 0.667. The van der Waals surface area contributed by atoms with Crippen molar-refractivity contribution >= 4 is 5.82 Å². The molecule has 5 heteroatoms. The fourth-order valence-electron chi connectivity index (χ4n) is 2.28. The number of nitrogens with one attached hydrogen (secondary N) is 2. The van der Waals surface area contributed by atoms with Gasteiger partial charge >= 0.3 is 0 Å². The van der Waals surface area contributed by atoms with Crippen LogP contribution in [0.15, 0.2) is 4.79 Å². The van der Waals surface area contributed by atoms with Gasteiger partial charge in [0.1, 0.15) is 11.6 Å². The summed E-state index contributed by atoms with van der Waals surface area (Å²) >= 11 is 0. The molecule has 0 saturated carbocycles. The molecule has 1 unspecified atom stereocenters. The van der Waals surface area contributed by atoms with E-state index >= 15 is 0 Å². The van der Waals surface area contributed by atoms with Gasteiger partial charge in [-0.25, -0.2) is 4.98 Å². The highest BCUT2D eigenvalue weighted by Crippen LogP contribution is 2.20. The van der Waals surface area contributed by atoms with Gasteiger partial charge in [0.05, 0.1) is 11.6 Å². The predicted octanol–water partition coefficient (Wildman–Crippen LogP) is 1.12. The Hall–Kier alpha value is -1.36. The molecule has 1 aromatic rings. The van der Waals surface area contributed by atoms with Crippen LogP contribution in [0.4, 0.5) is 5.82 Å². The summed E-state index contributed by atoms with van der Waals surface area (Å²) in [5, 5.41) is 3.35. The van der Waals surface area contributed by atoms with Crippen molar-refractivity contribution in [2.45, 2.75) is 45.1 Å². The van der Waals surface area contributed by atoms with E-state index in [0.717, 1.165) is 25.8 Å². The van der Waals surface area contributed by atoms with E-state index in [0.29, 0.717) is 23.6 Å². The molecule has 0 bridgehead atoms. The summed E-state index contributed by atoms with van der Waals surface area (Å²) in [4.78, 5) is 19.1. The Morgan fingerprint density at radius 3 is 2.88 bits per heavy atom. The second kappa shape index (κ2) is 5.31. The first-order chi connectivity index (χ1) is 8.22. The van der Waals surface area contributed by atoms with Crippen molar-refractivity contribution in [1.29, 1.82) is 0 Å². The van der Waals surface area contributed by atoms with E-state index in [1.165, 1.54) is 6.42 Å². The lowest BCUT2D eigenvalue weighted by molar-refractivity contribution is 0.396. The first kappa shape index (κ1) is 12.1. The fourth-order valence-corrected chi connectivity index (χ4v) is 2.28. The summed E-state index contributed by atoms with van der Waals surface area (Å²) in [7, 11) is 0. The molecule has 94 valence electrons. The maximum Gasteiger partial charge on any atom is 0.256 e. The number of piperidine rings is 1. The SMILES string of the molecule is CCCc1c(N)nc(C2CCCCN2)[nH]c1=O. The first-order valence-corrected chi connectivity index (χ1v) is 6.34. The van der Waals surface area contributed by atoms with Crippen LogP contribution in [0.5, 0.6) is 0 Å². The minimum absolute atomic E-state index is 0.0817. The quantitative estimate of drug-likeness (QED) is 0.734. The number of anilines is 1. The Kier molecular flexibility index (Phi) is 3.78. The van der Waals surface area contributed by atoms with Gasteiger partial charge in [-0.15, -0.1) is 0 Å². The van der Waals surface area contributed by atoms with Crippen LogP contribution in [-0.2, 0) is 6.42 Å². The first-order valence-electron chi connectivity index (χ1n) is 6.34. The minimum Gasteiger partial charge on any atom is -0.383 e. The summed E-state index contributed by atoms with van der Waals surface area (Å²) < 4.78 is 0. The van der Waals surface area contributed by atoms with E-state index < -0.39 is 0 Å². The van der Waals surface area contributed by atoms with Gasteiger partial charge in [0.15, 0.2) is 0 Å². The molecular weight excluding hydrogens is 216 g/mol. The van der Waals surface area contributed by atoms with Crippen LogP contribution < -0.4 is 16.6 Å². The second-order valence-electron chi connectivity index (χ2n) is 4.57. The Morgan fingerprint density at radius 2 is 2.29 bits per heavy atom. The number of nitrogens with zero attached hydrogens (tertiary/aromatic N) is 1. The van der Waals surface area contributed by atoms with Gasteiger partial charge in [0.25, 0.3) is 5.56 Å². The van der Waals surface area contributed by atoms with Crippen molar-refractivity contribution in [3.8, 4) is 0 Å². The molecule has 0 aromatic carbocycles. The topological polar surface area (TPSA) is 83.8 Å². The lowest BCUT2D eigenvalue weighted by Crippen LogP contribution is -2.31. The lowest BCUT2D eigenvalue weighted by Gasteiger charge is -2.22. The molecule has 2 heterocycles. The Labute approximate surface area is 101 Å². The molecule has 1 saturated heterocycles. The third-order valence-corrected chi connectivity index (χ3v) is 3.21. The van der Waals surface area contributed by atoms with Crippen molar-refractivity contribution in [2.75, 3.05) is 12.3 Å². The minimum atomic E-state index is -0.0817. The molecule has 0 radical (unpaired) electrons. The van der Waals surface area contributed by atoms with E-state index in [9.17, 15) is 4.79 Å². The summed E-state index contributed by atoms with van der Waals surface area (Å²) in [6.07, 6.45) is 4.94. The molecule has 2 rings (SSSR count). The van der Waals surface area contributed by atoms with Gasteiger partial charge in [0.2, 0.25) is 0 Å². The van der Waals surface area contributed by atoms with Gasteiger partial charge in [-0.2, -0.15) is 0 Å². The van der Waals surface area contributed by atoms with E-state index in [1.807, 2.05) is 6.92 Å². The van der Waals surface area contributed by atoms with Crippen molar-refractivity contribution in [3.05, 3.63) is 21.7 Å². The van der Waals surface area contributed by atoms with Crippen LogP contribution >= 0.6 is 0 Å². The molecule has 0 spiro atoms. The molecule has 0 aliphatic carbocycles. The van der Waals surface area contributed by atoms with Crippen LogP contribution in [0.3, 0.4) is 0 Å². The zero-order valence-electron chi connectivity index (χ0n) is 10.3. The van der Waals surface area contributed by atoms with E-state index in [4.69, 9.17) is 5.73 Å². The highest BCUT2D eigenvalue weighted by atomic mass is 16.1. The van der Waals surface area contributed by atoms with Gasteiger partial charge in [0, 0.05) is 0 Å². The number of nitrogens with two attached hydrogens (primary N) is 1.